The van der Waals surface area contributed by atoms with E-state index in [9.17, 15) is 0 Å². The number of thiophene rings is 2. The first kappa shape index (κ1) is 13.3. The minimum Gasteiger partial charge on any atom is -0.364 e. The molecule has 0 amide bonds. The molecule has 0 radical (unpaired) electrons. The fourth-order valence-corrected chi connectivity index (χ4v) is 4.29. The molecule has 0 saturated carbocycles. The molecule has 0 spiro atoms. The van der Waals surface area contributed by atoms with Gasteiger partial charge in [0.25, 0.3) is 0 Å². The maximum atomic E-state index is 5.96. The maximum absolute atomic E-state index is 5.96. The SMILES string of the molecule is Cc1cc2c(NCc3ccc(Br)s3)nc(Cl)nc2s1. The van der Waals surface area contributed by atoms with E-state index in [4.69, 9.17) is 11.6 Å². The lowest BCUT2D eigenvalue weighted by Gasteiger charge is -2.05. The summed E-state index contributed by atoms with van der Waals surface area (Å²) in [5.74, 6) is 0.795. The fourth-order valence-electron chi connectivity index (χ4n) is 1.77. The van der Waals surface area contributed by atoms with Crippen molar-refractivity contribution in [2.24, 2.45) is 0 Å². The summed E-state index contributed by atoms with van der Waals surface area (Å²) >= 11 is 12.7. The highest BCUT2D eigenvalue weighted by Gasteiger charge is 2.09. The van der Waals surface area contributed by atoms with Crippen LogP contribution in [0, 0.1) is 6.92 Å². The molecular weight excluding hydrogens is 366 g/mol. The average molecular weight is 375 g/mol. The smallest absolute Gasteiger partial charge is 0.225 e. The highest BCUT2D eigenvalue weighted by Crippen LogP contribution is 2.30. The van der Waals surface area contributed by atoms with Crippen LogP contribution in [0.5, 0.6) is 0 Å². The molecule has 0 bridgehead atoms. The van der Waals surface area contributed by atoms with Gasteiger partial charge in [0.15, 0.2) is 0 Å². The second-order valence-corrected chi connectivity index (χ2v) is 8.10. The number of fused-ring (bicyclic) bond motifs is 1. The van der Waals surface area contributed by atoms with Crippen molar-refractivity contribution in [3.05, 3.63) is 37.0 Å². The molecule has 0 aliphatic rings. The van der Waals surface area contributed by atoms with Crippen LogP contribution in [0.2, 0.25) is 5.28 Å². The Morgan fingerprint density at radius 1 is 1.32 bits per heavy atom. The van der Waals surface area contributed by atoms with Gasteiger partial charge < -0.3 is 5.32 Å². The number of aryl methyl sites for hydroxylation is 1. The highest BCUT2D eigenvalue weighted by molar-refractivity contribution is 9.11. The highest BCUT2D eigenvalue weighted by atomic mass is 79.9. The minimum absolute atomic E-state index is 0.282. The van der Waals surface area contributed by atoms with E-state index in [1.54, 1.807) is 22.7 Å². The Kier molecular flexibility index (Phi) is 3.75. The van der Waals surface area contributed by atoms with E-state index < -0.39 is 0 Å². The number of halogens is 2. The summed E-state index contributed by atoms with van der Waals surface area (Å²) in [6.07, 6.45) is 0. The zero-order valence-corrected chi connectivity index (χ0v) is 13.9. The Balaban J connectivity index is 1.91. The molecule has 3 aromatic heterocycles. The van der Waals surface area contributed by atoms with Gasteiger partial charge in [0, 0.05) is 9.75 Å². The van der Waals surface area contributed by atoms with Gasteiger partial charge in [-0.05, 0) is 52.7 Å². The number of rotatable bonds is 3. The predicted octanol–water partition coefficient (Wildman–Crippen LogP) is 5.09. The van der Waals surface area contributed by atoms with Crippen LogP contribution in [0.15, 0.2) is 22.0 Å². The van der Waals surface area contributed by atoms with Gasteiger partial charge in [-0.1, -0.05) is 0 Å². The van der Waals surface area contributed by atoms with E-state index in [0.29, 0.717) is 0 Å². The molecule has 3 heterocycles. The zero-order valence-electron chi connectivity index (χ0n) is 9.91. The number of hydrogen-bond donors (Lipinski definition) is 1. The predicted molar refractivity (Wildman–Crippen MR) is 86.5 cm³/mol. The van der Waals surface area contributed by atoms with Crippen LogP contribution in [-0.2, 0) is 6.54 Å². The molecule has 3 nitrogen and oxygen atoms in total. The van der Waals surface area contributed by atoms with Crippen molar-refractivity contribution in [3.63, 3.8) is 0 Å². The van der Waals surface area contributed by atoms with Crippen molar-refractivity contribution < 1.29 is 0 Å². The molecule has 0 saturated heterocycles. The fraction of sp³-hybridized carbons (Fsp3) is 0.167. The topological polar surface area (TPSA) is 37.8 Å². The number of nitrogens with one attached hydrogen (secondary N) is 1. The molecule has 0 aliphatic carbocycles. The third-order valence-corrected chi connectivity index (χ3v) is 5.28. The standard InChI is InChI=1S/C12H9BrClN3S2/c1-6-4-8-10(16-12(14)17-11(8)18-6)15-5-7-2-3-9(13)19-7/h2-4H,5H2,1H3,(H,15,16,17). The summed E-state index contributed by atoms with van der Waals surface area (Å²) in [6, 6.07) is 6.21. The molecular formula is C12H9BrClN3S2. The van der Waals surface area contributed by atoms with E-state index in [1.165, 1.54) is 9.75 Å². The van der Waals surface area contributed by atoms with Crippen molar-refractivity contribution in [3.8, 4) is 0 Å². The van der Waals surface area contributed by atoms with Crippen LogP contribution in [-0.4, -0.2) is 9.97 Å². The maximum Gasteiger partial charge on any atom is 0.225 e. The van der Waals surface area contributed by atoms with E-state index >= 15 is 0 Å². The average Bonchev–Trinajstić information content (AvgIpc) is 2.91. The third kappa shape index (κ3) is 2.91. The van der Waals surface area contributed by atoms with Gasteiger partial charge in [0.2, 0.25) is 5.28 Å². The van der Waals surface area contributed by atoms with Crippen molar-refractivity contribution in [2.45, 2.75) is 13.5 Å². The second-order valence-electron chi connectivity index (χ2n) is 3.98. The summed E-state index contributed by atoms with van der Waals surface area (Å²) < 4.78 is 1.13. The van der Waals surface area contributed by atoms with Crippen LogP contribution in [0.25, 0.3) is 10.2 Å². The van der Waals surface area contributed by atoms with Gasteiger partial charge >= 0.3 is 0 Å². The van der Waals surface area contributed by atoms with Crippen molar-refractivity contribution in [2.75, 3.05) is 5.32 Å². The first-order valence-electron chi connectivity index (χ1n) is 5.53. The summed E-state index contributed by atoms with van der Waals surface area (Å²) in [6.45, 7) is 2.79. The van der Waals surface area contributed by atoms with Crippen molar-refractivity contribution in [1.29, 1.82) is 0 Å². The molecule has 19 heavy (non-hydrogen) atoms. The summed E-state index contributed by atoms with van der Waals surface area (Å²) in [4.78, 5) is 11.9. The van der Waals surface area contributed by atoms with Gasteiger partial charge in [0.05, 0.1) is 15.7 Å². The van der Waals surface area contributed by atoms with Gasteiger partial charge in [-0.2, -0.15) is 0 Å². The Bertz CT molecular complexity index is 738. The molecule has 0 unspecified atom stereocenters. The van der Waals surface area contributed by atoms with Crippen molar-refractivity contribution in [1.82, 2.24) is 9.97 Å². The van der Waals surface area contributed by atoms with Gasteiger partial charge in [-0.3, -0.25) is 0 Å². The molecule has 7 heteroatoms. The van der Waals surface area contributed by atoms with E-state index in [2.05, 4.69) is 50.3 Å². The Morgan fingerprint density at radius 2 is 2.16 bits per heavy atom. The lowest BCUT2D eigenvalue weighted by Crippen LogP contribution is -2.01. The summed E-state index contributed by atoms with van der Waals surface area (Å²) in [5, 5.41) is 4.64. The monoisotopic (exact) mass is 373 g/mol. The third-order valence-electron chi connectivity index (χ3n) is 2.55. The van der Waals surface area contributed by atoms with Crippen LogP contribution in [0.4, 0.5) is 5.82 Å². The quantitative estimate of drug-likeness (QED) is 0.649. The number of aromatic nitrogens is 2. The molecule has 0 aliphatic heterocycles. The second kappa shape index (κ2) is 5.36. The number of nitrogens with zero attached hydrogens (tertiary/aromatic N) is 2. The Morgan fingerprint density at radius 3 is 2.89 bits per heavy atom. The largest absolute Gasteiger partial charge is 0.364 e. The Labute approximate surface area is 131 Å². The molecule has 0 fully saturated rings. The van der Waals surface area contributed by atoms with Crippen LogP contribution in [0.3, 0.4) is 0 Å². The zero-order chi connectivity index (χ0) is 13.4. The lowest BCUT2D eigenvalue weighted by molar-refractivity contribution is 1.13. The lowest BCUT2D eigenvalue weighted by atomic mass is 10.3. The minimum atomic E-state index is 0.282. The normalized spacial score (nSPS) is 11.1. The van der Waals surface area contributed by atoms with Crippen LogP contribution >= 0.6 is 50.2 Å². The molecule has 1 N–H and O–H groups in total. The Hall–Kier alpha value is -0.690. The molecule has 3 rings (SSSR count). The van der Waals surface area contributed by atoms with E-state index in [-0.39, 0.29) is 5.28 Å². The molecule has 0 aromatic carbocycles. The van der Waals surface area contributed by atoms with Gasteiger partial charge in [0.1, 0.15) is 10.6 Å². The van der Waals surface area contributed by atoms with E-state index in [1.807, 2.05) is 6.07 Å². The molecule has 0 atom stereocenters. The van der Waals surface area contributed by atoms with Gasteiger partial charge in [-0.25, -0.2) is 9.97 Å². The summed E-state index contributed by atoms with van der Waals surface area (Å²) in [7, 11) is 0. The number of hydrogen-bond acceptors (Lipinski definition) is 5. The van der Waals surface area contributed by atoms with Crippen molar-refractivity contribution >= 4 is 66.2 Å². The summed E-state index contributed by atoms with van der Waals surface area (Å²) in [5.41, 5.74) is 0. The van der Waals surface area contributed by atoms with Crippen LogP contribution in [0.1, 0.15) is 9.75 Å². The van der Waals surface area contributed by atoms with E-state index in [0.717, 1.165) is 26.4 Å². The van der Waals surface area contributed by atoms with Crippen LogP contribution < -0.4 is 5.32 Å². The number of anilines is 1. The molecule has 3 aromatic rings. The molecule has 98 valence electrons. The van der Waals surface area contributed by atoms with Gasteiger partial charge in [-0.15, -0.1) is 22.7 Å². The first-order valence-corrected chi connectivity index (χ1v) is 8.34. The first-order chi connectivity index (χ1) is 9.11.